The second-order valence-corrected chi connectivity index (χ2v) is 10.1. The maximum Gasteiger partial charge on any atom is 0.332 e. The van der Waals surface area contributed by atoms with E-state index in [1.165, 1.54) is 39.9 Å². The van der Waals surface area contributed by atoms with Crippen molar-refractivity contribution in [2.75, 3.05) is 31.6 Å². The molecule has 1 aromatic carbocycles. The normalized spacial score (nSPS) is 16.0. The molecule has 0 saturated carbocycles. The average molecular weight is 491 g/mol. The Hall–Kier alpha value is -3.29. The predicted molar refractivity (Wildman–Crippen MR) is 124 cm³/mol. The minimum absolute atomic E-state index is 0.108. The summed E-state index contributed by atoms with van der Waals surface area (Å²) in [5, 5.41) is 2.72. The zero-order chi connectivity index (χ0) is 24.8. The van der Waals surface area contributed by atoms with Crippen LogP contribution in [0.25, 0.3) is 11.2 Å². The number of carbonyl (C=O) groups excluding carboxylic acids is 1. The summed E-state index contributed by atoms with van der Waals surface area (Å²) in [5.74, 6) is -0.478. The van der Waals surface area contributed by atoms with Crippen LogP contribution in [0.4, 0.5) is 5.69 Å². The number of benzene rings is 1. The van der Waals surface area contributed by atoms with Gasteiger partial charge >= 0.3 is 5.69 Å². The number of aromatic nitrogens is 4. The maximum atomic E-state index is 13.1. The molecule has 4 rings (SSSR count). The quantitative estimate of drug-likeness (QED) is 0.530. The number of morpholine rings is 1. The van der Waals surface area contributed by atoms with E-state index in [0.717, 1.165) is 4.57 Å². The van der Waals surface area contributed by atoms with E-state index >= 15 is 0 Å². The fourth-order valence-electron chi connectivity index (χ4n) is 3.91. The first-order valence-electron chi connectivity index (χ1n) is 10.7. The Labute approximate surface area is 195 Å². The second-order valence-electron chi connectivity index (χ2n) is 8.19. The van der Waals surface area contributed by atoms with Crippen LogP contribution in [0.5, 0.6) is 0 Å². The highest BCUT2D eigenvalue weighted by molar-refractivity contribution is 7.89. The Morgan fingerprint density at radius 2 is 1.82 bits per heavy atom. The number of carbonyl (C=O) groups is 1. The number of rotatable bonds is 5. The minimum Gasteiger partial charge on any atom is -0.379 e. The van der Waals surface area contributed by atoms with Gasteiger partial charge in [-0.2, -0.15) is 4.31 Å². The molecule has 1 aliphatic heterocycles. The van der Waals surface area contributed by atoms with Gasteiger partial charge < -0.3 is 14.6 Å². The molecular weight excluding hydrogens is 464 g/mol. The zero-order valence-corrected chi connectivity index (χ0v) is 20.1. The summed E-state index contributed by atoms with van der Waals surface area (Å²) in [6.07, 6.45) is 1.33. The molecule has 1 aliphatic rings. The van der Waals surface area contributed by atoms with Crippen molar-refractivity contribution in [3.63, 3.8) is 0 Å². The van der Waals surface area contributed by atoms with Gasteiger partial charge in [-0.25, -0.2) is 18.2 Å². The molecule has 3 heterocycles. The molecule has 1 amide bonds. The lowest BCUT2D eigenvalue weighted by atomic mass is 10.2. The first kappa shape index (κ1) is 23.9. The van der Waals surface area contributed by atoms with Crippen molar-refractivity contribution >= 4 is 32.8 Å². The highest BCUT2D eigenvalue weighted by atomic mass is 32.2. The van der Waals surface area contributed by atoms with E-state index in [1.54, 1.807) is 26.0 Å². The number of hydrogen-bond donors (Lipinski definition) is 1. The molecule has 1 fully saturated rings. The molecule has 34 heavy (non-hydrogen) atoms. The lowest BCUT2D eigenvalue weighted by molar-refractivity contribution is -0.118. The lowest BCUT2D eigenvalue weighted by Gasteiger charge is -2.27. The number of ether oxygens (including phenoxy) is 1. The number of amides is 1. The van der Waals surface area contributed by atoms with Crippen LogP contribution in [-0.2, 0) is 33.7 Å². The minimum atomic E-state index is -3.75. The third-order valence-electron chi connectivity index (χ3n) is 6.01. The number of fused-ring (bicyclic) bond motifs is 1. The monoisotopic (exact) mass is 490 g/mol. The fraction of sp³-hybridized carbons (Fsp3) is 0.429. The van der Waals surface area contributed by atoms with E-state index in [-0.39, 0.29) is 29.1 Å². The van der Waals surface area contributed by atoms with Crippen LogP contribution in [0.15, 0.2) is 39.0 Å². The Morgan fingerprint density at radius 3 is 2.50 bits per heavy atom. The summed E-state index contributed by atoms with van der Waals surface area (Å²) in [4.78, 5) is 42.1. The summed E-state index contributed by atoms with van der Waals surface area (Å²) in [6, 6.07) is 3.81. The summed E-state index contributed by atoms with van der Waals surface area (Å²) >= 11 is 0. The third-order valence-corrected chi connectivity index (χ3v) is 8.05. The van der Waals surface area contributed by atoms with E-state index in [2.05, 4.69) is 10.3 Å². The van der Waals surface area contributed by atoms with Crippen LogP contribution in [-0.4, -0.2) is 63.6 Å². The van der Waals surface area contributed by atoms with Gasteiger partial charge in [-0.05, 0) is 31.5 Å². The molecule has 0 radical (unpaired) electrons. The van der Waals surface area contributed by atoms with Crippen molar-refractivity contribution in [2.24, 2.45) is 14.1 Å². The average Bonchev–Trinajstić information content (AvgIpc) is 3.28. The van der Waals surface area contributed by atoms with Gasteiger partial charge in [0.05, 0.1) is 24.4 Å². The van der Waals surface area contributed by atoms with Crippen molar-refractivity contribution in [1.29, 1.82) is 0 Å². The molecule has 0 bridgehead atoms. The van der Waals surface area contributed by atoms with Gasteiger partial charge in [-0.1, -0.05) is 6.07 Å². The van der Waals surface area contributed by atoms with Crippen LogP contribution < -0.4 is 16.6 Å². The molecule has 1 N–H and O–H groups in total. The Kier molecular flexibility index (Phi) is 6.18. The van der Waals surface area contributed by atoms with Gasteiger partial charge in [-0.3, -0.25) is 18.7 Å². The number of anilines is 1. The standard InChI is InChI=1S/C21H26N6O6S/c1-13-5-6-15(11-16(13)34(31,32)26-7-9-33-10-8-26)23-19(28)14(2)27-12-22-18-17(27)20(29)25(4)21(30)24(18)3/h5-6,11-12,14H,7-10H2,1-4H3,(H,23,28). The van der Waals surface area contributed by atoms with Crippen LogP contribution in [0.2, 0.25) is 0 Å². The van der Waals surface area contributed by atoms with Crippen LogP contribution in [0.3, 0.4) is 0 Å². The number of hydrogen-bond acceptors (Lipinski definition) is 7. The van der Waals surface area contributed by atoms with Crippen molar-refractivity contribution in [1.82, 2.24) is 23.0 Å². The van der Waals surface area contributed by atoms with Crippen molar-refractivity contribution in [3.8, 4) is 0 Å². The number of imidazole rings is 1. The molecule has 182 valence electrons. The summed E-state index contributed by atoms with van der Waals surface area (Å²) in [7, 11) is -0.901. The van der Waals surface area contributed by atoms with Gasteiger partial charge in [0, 0.05) is 32.9 Å². The Bertz CT molecular complexity index is 1500. The van der Waals surface area contributed by atoms with E-state index in [4.69, 9.17) is 4.74 Å². The van der Waals surface area contributed by atoms with Crippen molar-refractivity contribution in [2.45, 2.75) is 24.8 Å². The Morgan fingerprint density at radius 1 is 1.15 bits per heavy atom. The first-order valence-corrected chi connectivity index (χ1v) is 12.1. The molecule has 0 spiro atoms. The first-order chi connectivity index (χ1) is 16.0. The number of nitrogens with one attached hydrogen (secondary N) is 1. The summed E-state index contributed by atoms with van der Waals surface area (Å²) in [5.41, 5.74) is 0.0632. The zero-order valence-electron chi connectivity index (χ0n) is 19.3. The van der Waals surface area contributed by atoms with E-state index in [9.17, 15) is 22.8 Å². The molecule has 13 heteroatoms. The van der Waals surface area contributed by atoms with E-state index < -0.39 is 33.2 Å². The number of nitrogens with zero attached hydrogens (tertiary/aromatic N) is 5. The molecular formula is C21H26N6O6S. The smallest absolute Gasteiger partial charge is 0.332 e. The molecule has 3 aromatic rings. The van der Waals surface area contributed by atoms with Gasteiger partial charge in [0.2, 0.25) is 15.9 Å². The SMILES string of the molecule is Cc1ccc(NC(=O)C(C)n2cnc3c2c(=O)n(C)c(=O)n3C)cc1S(=O)(=O)N1CCOCC1. The van der Waals surface area contributed by atoms with Gasteiger partial charge in [0.25, 0.3) is 5.56 Å². The van der Waals surface area contributed by atoms with Crippen LogP contribution in [0, 0.1) is 6.92 Å². The second kappa shape index (κ2) is 8.81. The number of sulfonamides is 1. The highest BCUT2D eigenvalue weighted by Crippen LogP contribution is 2.25. The molecule has 0 aliphatic carbocycles. The molecule has 1 unspecified atom stereocenters. The van der Waals surface area contributed by atoms with Crippen molar-refractivity contribution in [3.05, 3.63) is 50.9 Å². The maximum absolute atomic E-state index is 13.1. The molecule has 1 saturated heterocycles. The summed E-state index contributed by atoms with van der Waals surface area (Å²) in [6.45, 7) is 4.47. The number of aryl methyl sites for hydroxylation is 2. The van der Waals surface area contributed by atoms with Crippen LogP contribution in [0.1, 0.15) is 18.5 Å². The van der Waals surface area contributed by atoms with Crippen molar-refractivity contribution < 1.29 is 17.9 Å². The van der Waals surface area contributed by atoms with Crippen LogP contribution >= 0.6 is 0 Å². The third kappa shape index (κ3) is 3.95. The molecule has 12 nitrogen and oxygen atoms in total. The van der Waals surface area contributed by atoms with Gasteiger partial charge in [0.15, 0.2) is 11.2 Å². The lowest BCUT2D eigenvalue weighted by Crippen LogP contribution is -2.40. The predicted octanol–water partition coefficient (Wildman–Crippen LogP) is -0.0373. The molecule has 2 aromatic heterocycles. The summed E-state index contributed by atoms with van der Waals surface area (Å²) < 4.78 is 36.4. The topological polar surface area (TPSA) is 138 Å². The van der Waals surface area contributed by atoms with E-state index in [0.29, 0.717) is 24.5 Å². The van der Waals surface area contributed by atoms with Gasteiger partial charge in [-0.15, -0.1) is 0 Å². The molecule has 1 atom stereocenters. The largest absolute Gasteiger partial charge is 0.379 e. The Balaban J connectivity index is 1.65. The van der Waals surface area contributed by atoms with E-state index in [1.807, 2.05) is 0 Å². The fourth-order valence-corrected chi connectivity index (χ4v) is 5.57. The highest BCUT2D eigenvalue weighted by Gasteiger charge is 2.28. The van der Waals surface area contributed by atoms with Gasteiger partial charge in [0.1, 0.15) is 6.04 Å².